The van der Waals surface area contributed by atoms with E-state index in [1.54, 1.807) is 12.1 Å². The number of hydrogen-bond acceptors (Lipinski definition) is 7. The molecule has 2 bridgehead atoms. The number of carbonyl (C=O) groups excluding carboxylic acids is 1. The highest BCUT2D eigenvalue weighted by molar-refractivity contribution is 5.75. The van der Waals surface area contributed by atoms with Crippen molar-refractivity contribution in [2.45, 2.75) is 82.1 Å². The number of rotatable bonds is 18. The van der Waals surface area contributed by atoms with Crippen molar-refractivity contribution in [1.29, 1.82) is 0 Å². The number of fused-ring (bicyclic) bond motifs is 3. The van der Waals surface area contributed by atoms with E-state index in [0.717, 1.165) is 54.6 Å². The van der Waals surface area contributed by atoms with E-state index in [-0.39, 0.29) is 46.5 Å². The fraction of sp³-hybridized carbons (Fsp3) is 0.537. The van der Waals surface area contributed by atoms with Crippen LogP contribution in [0.15, 0.2) is 72.8 Å². The molecule has 7 rings (SSSR count). The van der Waals surface area contributed by atoms with Gasteiger partial charge < -0.3 is 56.9 Å². The minimum Gasteiger partial charge on any atom is -1.00 e. The van der Waals surface area contributed by atoms with Crippen LogP contribution in [0, 0.1) is 11.8 Å². The van der Waals surface area contributed by atoms with Gasteiger partial charge >= 0.3 is 0 Å². The van der Waals surface area contributed by atoms with Gasteiger partial charge in [-0.3, -0.25) is 4.79 Å². The molecule has 1 amide bonds. The molecule has 4 fully saturated rings. The van der Waals surface area contributed by atoms with Gasteiger partial charge in [-0.1, -0.05) is 61.4 Å². The maximum Gasteiger partial charge on any atom is 0.211 e. The molecule has 3 aliphatic heterocycles. The molecular weight excluding hydrogens is 710 g/mol. The van der Waals surface area contributed by atoms with Crippen LogP contribution in [0.2, 0.25) is 0 Å². The number of aliphatic hydroxyl groups is 2. The zero-order chi connectivity index (χ0) is 35.0. The number of amides is 1. The van der Waals surface area contributed by atoms with Gasteiger partial charge in [0.05, 0.1) is 44.6 Å². The lowest BCUT2D eigenvalue weighted by Gasteiger charge is -2.53. The van der Waals surface area contributed by atoms with Gasteiger partial charge in [0, 0.05) is 37.8 Å². The number of aromatic hydroxyl groups is 1. The number of carbonyl (C=O) groups is 1. The highest BCUT2D eigenvalue weighted by atomic mass is 79.9. The van der Waals surface area contributed by atoms with Crippen molar-refractivity contribution in [2.75, 3.05) is 51.3 Å². The fourth-order valence-electron chi connectivity index (χ4n) is 8.63. The SMILES string of the molecule is C[C@@H](Cc1ccc(OCCC[N+]23CCC(CC2)[C@@H](OC[C@@](O)(c2ccccc2)C2CCCC2)C3)cc1)NC[C@H](O)c1ccc(O)c(NC=O)c1.[Br-]. The third-order valence-electron chi connectivity index (χ3n) is 11.7. The Morgan fingerprint density at radius 2 is 1.73 bits per heavy atom. The van der Waals surface area contributed by atoms with Crippen molar-refractivity contribution >= 4 is 12.1 Å². The van der Waals surface area contributed by atoms with Crippen molar-refractivity contribution in [3.05, 3.63) is 89.5 Å². The van der Waals surface area contributed by atoms with Crippen LogP contribution in [-0.2, 0) is 21.6 Å². The average molecular weight is 767 g/mol. The largest absolute Gasteiger partial charge is 1.00 e. The Labute approximate surface area is 313 Å². The molecule has 51 heavy (non-hydrogen) atoms. The zero-order valence-electron chi connectivity index (χ0n) is 29.9. The molecule has 0 aromatic heterocycles. The molecule has 0 spiro atoms. The van der Waals surface area contributed by atoms with Crippen LogP contribution < -0.4 is 32.4 Å². The van der Waals surface area contributed by atoms with Crippen LogP contribution >= 0.6 is 0 Å². The molecule has 278 valence electrons. The summed E-state index contributed by atoms with van der Waals surface area (Å²) in [5.41, 5.74) is 2.16. The minimum atomic E-state index is -0.911. The molecule has 4 aliphatic rings. The molecule has 9 nitrogen and oxygen atoms in total. The molecule has 3 aromatic rings. The molecular formula is C41H56BrN3O6. The van der Waals surface area contributed by atoms with Crippen molar-refractivity contribution in [2.24, 2.45) is 11.8 Å². The second-order valence-electron chi connectivity index (χ2n) is 15.1. The predicted octanol–water partition coefficient (Wildman–Crippen LogP) is 2.69. The fourth-order valence-corrected chi connectivity index (χ4v) is 8.63. The van der Waals surface area contributed by atoms with Gasteiger partial charge in [-0.05, 0) is 73.1 Å². The molecule has 3 aromatic carbocycles. The lowest BCUT2D eigenvalue weighted by atomic mass is 9.80. The molecule has 3 saturated heterocycles. The van der Waals surface area contributed by atoms with Crippen LogP contribution in [0.4, 0.5) is 5.69 Å². The quantitative estimate of drug-likeness (QED) is 0.0585. The van der Waals surface area contributed by atoms with E-state index < -0.39 is 11.7 Å². The Bertz CT molecular complexity index is 1510. The van der Waals surface area contributed by atoms with Gasteiger partial charge in [0.2, 0.25) is 6.41 Å². The average Bonchev–Trinajstić information content (AvgIpc) is 3.70. The third kappa shape index (κ3) is 9.91. The van der Waals surface area contributed by atoms with Crippen molar-refractivity contribution < 1.29 is 51.1 Å². The second-order valence-corrected chi connectivity index (χ2v) is 15.1. The number of hydrogen-bond donors (Lipinski definition) is 5. The molecule has 1 aliphatic carbocycles. The van der Waals surface area contributed by atoms with Crippen molar-refractivity contribution in [3.8, 4) is 11.5 Å². The lowest BCUT2D eigenvalue weighted by molar-refractivity contribution is -0.946. The van der Waals surface area contributed by atoms with Crippen molar-refractivity contribution in [3.63, 3.8) is 0 Å². The van der Waals surface area contributed by atoms with Crippen LogP contribution in [0.1, 0.15) is 74.7 Å². The molecule has 10 heteroatoms. The highest BCUT2D eigenvalue weighted by Crippen LogP contribution is 2.42. The Morgan fingerprint density at radius 1 is 1.00 bits per heavy atom. The first-order valence-electron chi connectivity index (χ1n) is 18.7. The summed E-state index contributed by atoms with van der Waals surface area (Å²) in [7, 11) is 0. The predicted molar refractivity (Wildman–Crippen MR) is 195 cm³/mol. The maximum atomic E-state index is 12.0. The standard InChI is InChI=1S/C41H55N3O6.BrH/c1-30(42-26-39(47)33-14-17-38(46)37(25-33)43-29-45)24-31-12-15-36(16-13-31)49-23-7-20-44-21-18-32(19-22-44)40(27-44)50-28-41(48,35-10-5-6-11-35)34-8-3-2-4-9-34;/h2-4,8-9,12-17,25,29-30,32,35,39-40,42,47-48H,5-7,10-11,18-24,26-28H2,1H3,(H-,43,45,46);1H/t30-,32?,39-,40-,41+,44?;/m0./s1. The Kier molecular flexibility index (Phi) is 14.0. The van der Waals surface area contributed by atoms with E-state index in [0.29, 0.717) is 37.6 Å². The molecule has 3 heterocycles. The number of anilines is 1. The summed E-state index contributed by atoms with van der Waals surface area (Å²) in [5, 5.41) is 38.3. The molecule has 5 N–H and O–H groups in total. The summed E-state index contributed by atoms with van der Waals surface area (Å²) in [6.45, 7) is 8.04. The van der Waals surface area contributed by atoms with E-state index in [9.17, 15) is 20.1 Å². The number of quaternary nitrogens is 1. The first kappa shape index (κ1) is 39.2. The lowest BCUT2D eigenvalue weighted by Crippen LogP contribution is -3.00. The van der Waals surface area contributed by atoms with Gasteiger partial charge in [-0.2, -0.15) is 0 Å². The van der Waals surface area contributed by atoms with Crippen molar-refractivity contribution in [1.82, 2.24) is 5.32 Å². The Hall–Kier alpha value is -2.99. The summed E-state index contributed by atoms with van der Waals surface area (Å²) in [6.07, 6.45) is 8.63. The number of ether oxygens (including phenoxy) is 2. The normalized spacial score (nSPS) is 23.9. The van der Waals surface area contributed by atoms with Crippen LogP contribution in [0.25, 0.3) is 0 Å². The summed E-state index contributed by atoms with van der Waals surface area (Å²) >= 11 is 0. The number of aliphatic hydroxyl groups excluding tert-OH is 1. The molecule has 1 saturated carbocycles. The number of benzene rings is 3. The van der Waals surface area contributed by atoms with Crippen LogP contribution in [0.3, 0.4) is 0 Å². The third-order valence-corrected chi connectivity index (χ3v) is 11.7. The number of piperidine rings is 3. The number of phenolic OH excluding ortho intramolecular Hbond substituents is 1. The highest BCUT2D eigenvalue weighted by Gasteiger charge is 2.48. The van der Waals surface area contributed by atoms with E-state index in [1.165, 1.54) is 50.4 Å². The number of nitrogens with zero attached hydrogens (tertiary/aromatic N) is 1. The first-order valence-corrected chi connectivity index (χ1v) is 18.7. The maximum absolute atomic E-state index is 12.0. The summed E-state index contributed by atoms with van der Waals surface area (Å²) in [6, 6.07) is 23.3. The Balaban J connectivity index is 0.00000504. The van der Waals surface area contributed by atoms with Crippen LogP contribution in [0.5, 0.6) is 11.5 Å². The van der Waals surface area contributed by atoms with Crippen LogP contribution in [-0.4, -0.2) is 84.3 Å². The molecule has 0 radical (unpaired) electrons. The number of halogens is 1. The topological polar surface area (TPSA) is 120 Å². The summed E-state index contributed by atoms with van der Waals surface area (Å²) in [4.78, 5) is 10.8. The zero-order valence-corrected chi connectivity index (χ0v) is 31.5. The van der Waals surface area contributed by atoms with Gasteiger partial charge in [-0.15, -0.1) is 0 Å². The number of phenols is 1. The van der Waals surface area contributed by atoms with Gasteiger partial charge in [0.1, 0.15) is 29.7 Å². The smallest absolute Gasteiger partial charge is 0.211 e. The minimum absolute atomic E-state index is 0. The number of nitrogens with one attached hydrogen (secondary N) is 2. The summed E-state index contributed by atoms with van der Waals surface area (Å²) in [5.74, 6) is 1.69. The van der Waals surface area contributed by atoms with E-state index in [1.807, 2.05) is 30.3 Å². The van der Waals surface area contributed by atoms with Gasteiger partial charge in [-0.25, -0.2) is 0 Å². The van der Waals surface area contributed by atoms with E-state index in [4.69, 9.17) is 9.47 Å². The molecule has 4 atom stereocenters. The molecule has 0 unspecified atom stereocenters. The van der Waals surface area contributed by atoms with E-state index >= 15 is 0 Å². The Morgan fingerprint density at radius 3 is 2.43 bits per heavy atom. The second kappa shape index (κ2) is 18.2. The summed E-state index contributed by atoms with van der Waals surface area (Å²) < 4.78 is 14.0. The van der Waals surface area contributed by atoms with E-state index in [2.05, 4.69) is 41.8 Å². The monoisotopic (exact) mass is 765 g/mol. The van der Waals surface area contributed by atoms with Gasteiger partial charge in [0.25, 0.3) is 0 Å². The van der Waals surface area contributed by atoms with Gasteiger partial charge in [0.15, 0.2) is 0 Å². The first-order chi connectivity index (χ1) is 24.3.